The van der Waals surface area contributed by atoms with E-state index in [0.717, 1.165) is 54.5 Å². The molecule has 2 fully saturated rings. The Hall–Kier alpha value is -0.820. The summed E-state index contributed by atoms with van der Waals surface area (Å²) in [6.07, 6.45) is 6.04. The molecule has 0 spiro atoms. The third kappa shape index (κ3) is 2.65. The average molecular weight is 357 g/mol. The van der Waals surface area contributed by atoms with Gasteiger partial charge in [0.05, 0.1) is 10.4 Å². The number of thioether (sulfide) groups is 1. The number of amides is 1. The lowest BCUT2D eigenvalue weighted by Gasteiger charge is -2.41. The zero-order valence-electron chi connectivity index (χ0n) is 11.4. The third-order valence-electron chi connectivity index (χ3n) is 3.83. The Morgan fingerprint density at radius 2 is 2.10 bits per heavy atom. The molecule has 3 heterocycles. The molecule has 0 N–H and O–H groups in total. The van der Waals surface area contributed by atoms with Gasteiger partial charge in [0.1, 0.15) is 5.82 Å². The molecule has 108 valence electrons. The van der Waals surface area contributed by atoms with Gasteiger partial charge in [-0.05, 0) is 35.0 Å². The topological polar surface area (TPSA) is 49.3 Å². The molecular formula is C13H17BrN4OS. The molecule has 3 rings (SSSR count). The Kier molecular flexibility index (Phi) is 4.16. The highest BCUT2D eigenvalue weighted by Crippen LogP contribution is 2.31. The maximum Gasteiger partial charge on any atom is 0.229 e. The molecule has 7 heteroatoms. The van der Waals surface area contributed by atoms with Crippen molar-refractivity contribution in [3.63, 3.8) is 0 Å². The summed E-state index contributed by atoms with van der Waals surface area (Å²) in [5.74, 6) is 1.34. The summed E-state index contributed by atoms with van der Waals surface area (Å²) in [4.78, 5) is 25.1. The second-order valence-electron chi connectivity index (χ2n) is 5.16. The highest BCUT2D eigenvalue weighted by Gasteiger charge is 2.37. The normalized spacial score (nSPS) is 19.3. The average Bonchev–Trinajstić information content (AvgIpc) is 2.93. The lowest BCUT2D eigenvalue weighted by atomic mass is 9.98. The quantitative estimate of drug-likeness (QED) is 0.612. The molecule has 2 aliphatic rings. The van der Waals surface area contributed by atoms with Crippen molar-refractivity contribution in [1.82, 2.24) is 14.9 Å². The van der Waals surface area contributed by atoms with Gasteiger partial charge < -0.3 is 9.80 Å². The molecule has 5 nitrogen and oxygen atoms in total. The fourth-order valence-electron chi connectivity index (χ4n) is 2.67. The zero-order chi connectivity index (χ0) is 14.1. The van der Waals surface area contributed by atoms with Gasteiger partial charge in [-0.3, -0.25) is 4.79 Å². The van der Waals surface area contributed by atoms with E-state index in [1.54, 1.807) is 6.20 Å². The summed E-state index contributed by atoms with van der Waals surface area (Å²) >= 11 is 5.01. The molecule has 2 aliphatic heterocycles. The van der Waals surface area contributed by atoms with Crippen molar-refractivity contribution >= 4 is 39.4 Å². The Morgan fingerprint density at radius 3 is 2.75 bits per heavy atom. The maximum absolute atomic E-state index is 12.3. The summed E-state index contributed by atoms with van der Waals surface area (Å²) in [6.45, 7) is 3.39. The van der Waals surface area contributed by atoms with Crippen molar-refractivity contribution in [2.75, 3.05) is 37.3 Å². The molecule has 0 atom stereocenters. The first kappa shape index (κ1) is 14.1. The third-order valence-corrected chi connectivity index (χ3v) is 4.96. The standard InChI is InChI=1S/C13H17BrN4OS/c1-20-13-15-6-10(14)11(16-13)18-7-9(8-18)12(19)17-4-2-3-5-17/h6,9H,2-5,7-8H2,1H3. The summed E-state index contributed by atoms with van der Waals surface area (Å²) in [5.41, 5.74) is 0. The van der Waals surface area contributed by atoms with Gasteiger partial charge in [0, 0.05) is 32.4 Å². The van der Waals surface area contributed by atoms with Gasteiger partial charge in [0.2, 0.25) is 5.91 Å². The van der Waals surface area contributed by atoms with Crippen LogP contribution in [0.1, 0.15) is 12.8 Å². The van der Waals surface area contributed by atoms with Gasteiger partial charge >= 0.3 is 0 Å². The van der Waals surface area contributed by atoms with Crippen LogP contribution in [-0.4, -0.2) is 53.2 Å². The van der Waals surface area contributed by atoms with Crippen LogP contribution in [-0.2, 0) is 4.79 Å². The lowest BCUT2D eigenvalue weighted by Crippen LogP contribution is -2.54. The number of carbonyl (C=O) groups excluding carboxylic acids is 1. The second kappa shape index (κ2) is 5.89. The van der Waals surface area contributed by atoms with Crippen LogP contribution in [0, 0.1) is 5.92 Å². The molecule has 0 saturated carbocycles. The van der Waals surface area contributed by atoms with Gasteiger partial charge in [0.25, 0.3) is 0 Å². The van der Waals surface area contributed by atoms with Gasteiger partial charge in [-0.15, -0.1) is 0 Å². The van der Waals surface area contributed by atoms with Crippen LogP contribution in [0.5, 0.6) is 0 Å². The van der Waals surface area contributed by atoms with E-state index in [0.29, 0.717) is 5.91 Å². The second-order valence-corrected chi connectivity index (χ2v) is 6.79. The first-order valence-electron chi connectivity index (χ1n) is 6.79. The summed E-state index contributed by atoms with van der Waals surface area (Å²) in [7, 11) is 0. The van der Waals surface area contributed by atoms with Crippen molar-refractivity contribution in [1.29, 1.82) is 0 Å². The van der Waals surface area contributed by atoms with Crippen molar-refractivity contribution in [2.45, 2.75) is 18.0 Å². The van der Waals surface area contributed by atoms with E-state index in [2.05, 4.69) is 30.8 Å². The van der Waals surface area contributed by atoms with Crippen molar-refractivity contribution in [3.8, 4) is 0 Å². The number of hydrogen-bond donors (Lipinski definition) is 0. The number of nitrogens with zero attached hydrogens (tertiary/aromatic N) is 4. The predicted molar refractivity (Wildman–Crippen MR) is 83.0 cm³/mol. The molecule has 2 saturated heterocycles. The highest BCUT2D eigenvalue weighted by atomic mass is 79.9. The number of anilines is 1. The fourth-order valence-corrected chi connectivity index (χ4v) is 3.44. The monoisotopic (exact) mass is 356 g/mol. The van der Waals surface area contributed by atoms with Gasteiger partial charge in [-0.1, -0.05) is 11.8 Å². The first-order chi connectivity index (χ1) is 9.69. The highest BCUT2D eigenvalue weighted by molar-refractivity contribution is 9.10. The van der Waals surface area contributed by atoms with E-state index >= 15 is 0 Å². The molecule has 0 aliphatic carbocycles. The summed E-state index contributed by atoms with van der Waals surface area (Å²) < 4.78 is 0.891. The molecule has 20 heavy (non-hydrogen) atoms. The van der Waals surface area contributed by atoms with Crippen LogP contribution in [0.4, 0.5) is 5.82 Å². The van der Waals surface area contributed by atoms with Crippen molar-refractivity contribution < 1.29 is 4.79 Å². The molecule has 0 aromatic carbocycles. The number of likely N-dealkylation sites (tertiary alicyclic amines) is 1. The van der Waals surface area contributed by atoms with E-state index in [-0.39, 0.29) is 5.92 Å². The van der Waals surface area contributed by atoms with Crippen LogP contribution >= 0.6 is 27.7 Å². The minimum atomic E-state index is 0.132. The fraction of sp³-hybridized carbons (Fsp3) is 0.615. The number of rotatable bonds is 3. The van der Waals surface area contributed by atoms with E-state index < -0.39 is 0 Å². The van der Waals surface area contributed by atoms with Crippen LogP contribution < -0.4 is 4.90 Å². The molecule has 0 bridgehead atoms. The first-order valence-corrected chi connectivity index (χ1v) is 8.81. The maximum atomic E-state index is 12.3. The molecule has 1 aromatic rings. The smallest absolute Gasteiger partial charge is 0.229 e. The van der Waals surface area contributed by atoms with Gasteiger partial charge in [-0.25, -0.2) is 9.97 Å². The summed E-state index contributed by atoms with van der Waals surface area (Å²) in [5, 5.41) is 0.762. The minimum absolute atomic E-state index is 0.132. The van der Waals surface area contributed by atoms with Crippen molar-refractivity contribution in [2.24, 2.45) is 5.92 Å². The van der Waals surface area contributed by atoms with Gasteiger partial charge in [-0.2, -0.15) is 0 Å². The van der Waals surface area contributed by atoms with E-state index in [4.69, 9.17) is 0 Å². The Labute approximate surface area is 131 Å². The Morgan fingerprint density at radius 1 is 1.40 bits per heavy atom. The van der Waals surface area contributed by atoms with E-state index in [1.807, 2.05) is 11.2 Å². The molecular weight excluding hydrogens is 340 g/mol. The minimum Gasteiger partial charge on any atom is -0.354 e. The Bertz CT molecular complexity index is 515. The number of carbonyl (C=O) groups is 1. The Balaban J connectivity index is 1.63. The largest absolute Gasteiger partial charge is 0.354 e. The molecule has 1 aromatic heterocycles. The van der Waals surface area contributed by atoms with Crippen LogP contribution in [0.25, 0.3) is 0 Å². The molecule has 1 amide bonds. The van der Waals surface area contributed by atoms with E-state index in [1.165, 1.54) is 11.8 Å². The van der Waals surface area contributed by atoms with Crippen LogP contribution in [0.2, 0.25) is 0 Å². The van der Waals surface area contributed by atoms with Crippen molar-refractivity contribution in [3.05, 3.63) is 10.7 Å². The molecule has 0 unspecified atom stereocenters. The predicted octanol–water partition coefficient (Wildman–Crippen LogP) is 2.02. The summed E-state index contributed by atoms with van der Waals surface area (Å²) in [6, 6.07) is 0. The van der Waals surface area contributed by atoms with E-state index in [9.17, 15) is 4.79 Å². The number of hydrogen-bond acceptors (Lipinski definition) is 5. The lowest BCUT2D eigenvalue weighted by molar-refractivity contribution is -0.135. The van der Waals surface area contributed by atoms with Crippen LogP contribution in [0.3, 0.4) is 0 Å². The van der Waals surface area contributed by atoms with Crippen LogP contribution in [0.15, 0.2) is 15.8 Å². The number of aromatic nitrogens is 2. The SMILES string of the molecule is CSc1ncc(Br)c(N2CC(C(=O)N3CCCC3)C2)n1. The number of halogens is 1. The van der Waals surface area contributed by atoms with Gasteiger partial charge in [0.15, 0.2) is 5.16 Å². The zero-order valence-corrected chi connectivity index (χ0v) is 13.8. The molecule has 0 radical (unpaired) electrons.